The minimum absolute atomic E-state index is 0.0900. The highest BCUT2D eigenvalue weighted by molar-refractivity contribution is 5.49. The Morgan fingerprint density at radius 1 is 1.53 bits per heavy atom. The summed E-state index contributed by atoms with van der Waals surface area (Å²) in [4.78, 5) is 6.58. The molecule has 1 aliphatic carbocycles. The summed E-state index contributed by atoms with van der Waals surface area (Å²) < 4.78 is 0. The first-order valence-corrected chi connectivity index (χ1v) is 6.15. The number of nitrogens with two attached hydrogens (primary N) is 1. The number of rotatable bonds is 4. The van der Waals surface area contributed by atoms with Crippen LogP contribution in [0.1, 0.15) is 24.0 Å². The van der Waals surface area contributed by atoms with Gasteiger partial charge in [0, 0.05) is 31.9 Å². The Labute approximate surface area is 102 Å². The summed E-state index contributed by atoms with van der Waals surface area (Å²) >= 11 is 0. The summed E-state index contributed by atoms with van der Waals surface area (Å²) in [7, 11) is 2.05. The summed E-state index contributed by atoms with van der Waals surface area (Å²) in [5.74, 6) is 1.57. The Morgan fingerprint density at radius 3 is 2.82 bits per heavy atom. The van der Waals surface area contributed by atoms with Crippen molar-refractivity contribution in [2.45, 2.75) is 32.4 Å². The third-order valence-electron chi connectivity index (χ3n) is 3.58. The number of pyridine rings is 1. The molecule has 0 atom stereocenters. The highest BCUT2D eigenvalue weighted by atomic mass is 16.3. The lowest BCUT2D eigenvalue weighted by Crippen LogP contribution is -2.37. The van der Waals surface area contributed by atoms with Crippen molar-refractivity contribution < 1.29 is 5.11 Å². The first-order chi connectivity index (χ1) is 8.11. The third kappa shape index (κ3) is 2.58. The second-order valence-corrected chi connectivity index (χ2v) is 5.01. The van der Waals surface area contributed by atoms with Crippen molar-refractivity contribution in [3.05, 3.63) is 23.4 Å². The summed E-state index contributed by atoms with van der Waals surface area (Å²) in [6.45, 7) is 3.53. The maximum Gasteiger partial charge on any atom is 0.133 e. The number of aliphatic hydroxyl groups is 1. The lowest BCUT2D eigenvalue weighted by Gasteiger charge is -2.35. The Bertz CT molecular complexity index is 388. The molecule has 2 rings (SSSR count). The van der Waals surface area contributed by atoms with Crippen molar-refractivity contribution in [3.8, 4) is 0 Å². The van der Waals surface area contributed by atoms with Gasteiger partial charge in [-0.1, -0.05) is 0 Å². The molecule has 1 saturated carbocycles. The van der Waals surface area contributed by atoms with Crippen molar-refractivity contribution >= 4 is 5.82 Å². The maximum atomic E-state index is 9.29. The number of aromatic nitrogens is 1. The maximum absolute atomic E-state index is 9.29. The monoisotopic (exact) mass is 235 g/mol. The van der Waals surface area contributed by atoms with Crippen LogP contribution in [-0.4, -0.2) is 29.8 Å². The van der Waals surface area contributed by atoms with Gasteiger partial charge in [-0.05, 0) is 37.3 Å². The van der Waals surface area contributed by atoms with E-state index < -0.39 is 0 Å². The normalized spacial score (nSPS) is 23.3. The molecule has 94 valence electrons. The molecule has 0 unspecified atom stereocenters. The minimum Gasteiger partial charge on any atom is -0.393 e. The molecule has 0 radical (unpaired) electrons. The van der Waals surface area contributed by atoms with E-state index in [0.717, 1.165) is 30.8 Å². The molecule has 1 aromatic rings. The number of anilines is 1. The van der Waals surface area contributed by atoms with Crippen LogP contribution in [0.15, 0.2) is 12.3 Å². The van der Waals surface area contributed by atoms with Crippen LogP contribution in [0.2, 0.25) is 0 Å². The molecule has 0 spiro atoms. The molecule has 0 bridgehead atoms. The Kier molecular flexibility index (Phi) is 3.64. The van der Waals surface area contributed by atoms with E-state index >= 15 is 0 Å². The SMILES string of the molecule is Cc1ccnc(N(C)CC2CC(O)C2)c1CN. The van der Waals surface area contributed by atoms with Crippen LogP contribution in [0.4, 0.5) is 5.82 Å². The van der Waals surface area contributed by atoms with E-state index in [1.807, 2.05) is 19.3 Å². The van der Waals surface area contributed by atoms with Crippen LogP contribution in [0, 0.1) is 12.8 Å². The third-order valence-corrected chi connectivity index (χ3v) is 3.58. The number of nitrogens with zero attached hydrogens (tertiary/aromatic N) is 2. The fourth-order valence-corrected chi connectivity index (χ4v) is 2.48. The zero-order chi connectivity index (χ0) is 12.4. The van der Waals surface area contributed by atoms with E-state index in [-0.39, 0.29) is 6.10 Å². The van der Waals surface area contributed by atoms with Gasteiger partial charge in [0.05, 0.1) is 6.10 Å². The van der Waals surface area contributed by atoms with E-state index in [2.05, 4.69) is 16.8 Å². The fraction of sp³-hybridized carbons (Fsp3) is 0.615. The molecule has 0 aliphatic heterocycles. The topological polar surface area (TPSA) is 62.4 Å². The second-order valence-electron chi connectivity index (χ2n) is 5.01. The Balaban J connectivity index is 2.08. The molecule has 4 heteroatoms. The predicted molar refractivity (Wildman–Crippen MR) is 68.9 cm³/mol. The van der Waals surface area contributed by atoms with Gasteiger partial charge in [0.15, 0.2) is 0 Å². The molecule has 1 fully saturated rings. The Morgan fingerprint density at radius 2 is 2.24 bits per heavy atom. The lowest BCUT2D eigenvalue weighted by atomic mass is 9.82. The number of aryl methyl sites for hydroxylation is 1. The van der Waals surface area contributed by atoms with E-state index in [9.17, 15) is 5.11 Å². The van der Waals surface area contributed by atoms with E-state index in [0.29, 0.717) is 12.5 Å². The van der Waals surface area contributed by atoms with Gasteiger partial charge in [0.2, 0.25) is 0 Å². The highest BCUT2D eigenvalue weighted by Gasteiger charge is 2.28. The second kappa shape index (κ2) is 5.02. The molecule has 1 heterocycles. The number of hydrogen-bond donors (Lipinski definition) is 2. The molecular formula is C13H21N3O. The van der Waals surface area contributed by atoms with Gasteiger partial charge in [0.1, 0.15) is 5.82 Å². The smallest absolute Gasteiger partial charge is 0.133 e. The van der Waals surface area contributed by atoms with Crippen LogP contribution >= 0.6 is 0 Å². The van der Waals surface area contributed by atoms with Crippen LogP contribution in [0.25, 0.3) is 0 Å². The van der Waals surface area contributed by atoms with Crippen molar-refractivity contribution in [1.29, 1.82) is 0 Å². The standard InChI is InChI=1S/C13H21N3O/c1-9-3-4-15-13(12(9)7-14)16(2)8-10-5-11(17)6-10/h3-4,10-11,17H,5-8,14H2,1-2H3. The van der Waals surface area contributed by atoms with Gasteiger partial charge < -0.3 is 15.7 Å². The summed E-state index contributed by atoms with van der Waals surface area (Å²) in [5.41, 5.74) is 8.09. The first-order valence-electron chi connectivity index (χ1n) is 6.15. The largest absolute Gasteiger partial charge is 0.393 e. The molecule has 1 aliphatic rings. The Hall–Kier alpha value is -1.13. The molecular weight excluding hydrogens is 214 g/mol. The number of hydrogen-bond acceptors (Lipinski definition) is 4. The highest BCUT2D eigenvalue weighted by Crippen LogP contribution is 2.29. The van der Waals surface area contributed by atoms with Gasteiger partial charge in [-0.25, -0.2) is 4.98 Å². The summed E-state index contributed by atoms with van der Waals surface area (Å²) in [5, 5.41) is 9.29. The molecule has 17 heavy (non-hydrogen) atoms. The average molecular weight is 235 g/mol. The molecule has 0 aromatic carbocycles. The van der Waals surface area contributed by atoms with Crippen LogP contribution in [0.5, 0.6) is 0 Å². The predicted octanol–water partition coefficient (Wildman–Crippen LogP) is 1.06. The van der Waals surface area contributed by atoms with Gasteiger partial charge >= 0.3 is 0 Å². The van der Waals surface area contributed by atoms with E-state index in [1.165, 1.54) is 5.56 Å². The lowest BCUT2D eigenvalue weighted by molar-refractivity contribution is 0.0464. The van der Waals surface area contributed by atoms with Gasteiger partial charge in [0.25, 0.3) is 0 Å². The van der Waals surface area contributed by atoms with Crippen molar-refractivity contribution in [2.75, 3.05) is 18.5 Å². The van der Waals surface area contributed by atoms with Crippen molar-refractivity contribution in [3.63, 3.8) is 0 Å². The zero-order valence-corrected chi connectivity index (χ0v) is 10.6. The molecule has 4 nitrogen and oxygen atoms in total. The van der Waals surface area contributed by atoms with Crippen LogP contribution in [-0.2, 0) is 6.54 Å². The quantitative estimate of drug-likeness (QED) is 0.819. The van der Waals surface area contributed by atoms with Gasteiger partial charge in [-0.15, -0.1) is 0 Å². The van der Waals surface area contributed by atoms with Gasteiger partial charge in [-0.2, -0.15) is 0 Å². The zero-order valence-electron chi connectivity index (χ0n) is 10.6. The number of aliphatic hydroxyl groups excluding tert-OH is 1. The molecule has 3 N–H and O–H groups in total. The van der Waals surface area contributed by atoms with Crippen molar-refractivity contribution in [2.24, 2.45) is 11.7 Å². The van der Waals surface area contributed by atoms with Crippen LogP contribution in [0.3, 0.4) is 0 Å². The molecule has 0 amide bonds. The fourth-order valence-electron chi connectivity index (χ4n) is 2.48. The summed E-state index contributed by atoms with van der Waals surface area (Å²) in [6, 6.07) is 1.99. The van der Waals surface area contributed by atoms with Crippen molar-refractivity contribution in [1.82, 2.24) is 4.98 Å². The van der Waals surface area contributed by atoms with E-state index in [4.69, 9.17) is 5.73 Å². The summed E-state index contributed by atoms with van der Waals surface area (Å²) in [6.07, 6.45) is 3.56. The first kappa shape index (κ1) is 12.3. The minimum atomic E-state index is -0.0900. The molecule has 0 saturated heterocycles. The average Bonchev–Trinajstić information content (AvgIpc) is 2.26. The molecule has 1 aromatic heterocycles. The van der Waals surface area contributed by atoms with E-state index in [1.54, 1.807) is 0 Å². The van der Waals surface area contributed by atoms with Crippen LogP contribution < -0.4 is 10.6 Å². The van der Waals surface area contributed by atoms with Gasteiger partial charge in [-0.3, -0.25) is 0 Å².